The summed E-state index contributed by atoms with van der Waals surface area (Å²) < 4.78 is 5.08. The summed E-state index contributed by atoms with van der Waals surface area (Å²) >= 11 is 0. The molecule has 7 nitrogen and oxygen atoms in total. The van der Waals surface area contributed by atoms with Crippen molar-refractivity contribution in [2.75, 3.05) is 56.7 Å². The molecule has 1 saturated heterocycles. The third kappa shape index (κ3) is 7.58. The van der Waals surface area contributed by atoms with Crippen LogP contribution in [0.5, 0.6) is 0 Å². The fourth-order valence-corrected chi connectivity index (χ4v) is 4.02. The van der Waals surface area contributed by atoms with Crippen LogP contribution in [-0.2, 0) is 16.1 Å². The van der Waals surface area contributed by atoms with E-state index in [0.29, 0.717) is 30.8 Å². The lowest BCUT2D eigenvalue weighted by atomic mass is 10.1. The van der Waals surface area contributed by atoms with E-state index in [-0.39, 0.29) is 11.8 Å². The number of benzene rings is 2. The quantitative estimate of drug-likeness (QED) is 0.511. The molecule has 1 aliphatic rings. The first kappa shape index (κ1) is 24.7. The normalized spacial score (nSPS) is 14.2. The van der Waals surface area contributed by atoms with Gasteiger partial charge in [0.25, 0.3) is 5.91 Å². The van der Waals surface area contributed by atoms with Crippen LogP contribution in [0.2, 0.25) is 0 Å². The Kier molecular flexibility index (Phi) is 9.72. The Balaban J connectivity index is 1.69. The van der Waals surface area contributed by atoms with Gasteiger partial charge in [-0.25, -0.2) is 0 Å². The van der Waals surface area contributed by atoms with E-state index in [4.69, 9.17) is 4.74 Å². The monoisotopic (exact) mass is 452 g/mol. The summed E-state index contributed by atoms with van der Waals surface area (Å²) in [5, 5.41) is 5.91. The van der Waals surface area contributed by atoms with Gasteiger partial charge in [0.1, 0.15) is 0 Å². The number of ether oxygens (including phenoxy) is 1. The molecule has 2 aromatic rings. The molecule has 2 amide bonds. The van der Waals surface area contributed by atoms with Crippen molar-refractivity contribution in [2.45, 2.75) is 32.7 Å². The molecular formula is C26H36N4O3. The summed E-state index contributed by atoms with van der Waals surface area (Å²) in [4.78, 5) is 29.8. The fraction of sp³-hybridized carbons (Fsp3) is 0.462. The number of carbonyl (C=O) groups is 2. The largest absolute Gasteiger partial charge is 0.385 e. The van der Waals surface area contributed by atoms with Gasteiger partial charge in [-0.05, 0) is 36.6 Å². The van der Waals surface area contributed by atoms with Gasteiger partial charge in [-0.1, -0.05) is 37.3 Å². The maximum absolute atomic E-state index is 13.0. The molecule has 7 heteroatoms. The van der Waals surface area contributed by atoms with Crippen LogP contribution in [0, 0.1) is 0 Å². The van der Waals surface area contributed by atoms with Crippen molar-refractivity contribution in [2.24, 2.45) is 0 Å². The maximum Gasteiger partial charge on any atom is 0.253 e. The molecule has 178 valence electrons. The van der Waals surface area contributed by atoms with Gasteiger partial charge in [0, 0.05) is 70.8 Å². The second-order valence-corrected chi connectivity index (χ2v) is 8.38. The standard InChI is InChI=1S/C26H36N4O3/c1-3-8-25(31)28-22-11-12-24(23(19-22)26(32)27-13-7-18-33-2)30-16-14-29(15-17-30)20-21-9-5-4-6-10-21/h4-6,9-12,19H,3,7-8,13-18,20H2,1-2H3,(H,27,32)(H,28,31). The molecule has 0 radical (unpaired) electrons. The van der Waals surface area contributed by atoms with Crippen molar-refractivity contribution in [1.29, 1.82) is 0 Å². The van der Waals surface area contributed by atoms with E-state index in [1.165, 1.54) is 5.56 Å². The molecule has 1 aliphatic heterocycles. The zero-order chi connectivity index (χ0) is 23.5. The molecule has 1 fully saturated rings. The Morgan fingerprint density at radius 2 is 1.79 bits per heavy atom. The smallest absolute Gasteiger partial charge is 0.253 e. The Morgan fingerprint density at radius 3 is 2.48 bits per heavy atom. The van der Waals surface area contributed by atoms with Gasteiger partial charge in [-0.2, -0.15) is 0 Å². The topological polar surface area (TPSA) is 73.9 Å². The number of anilines is 2. The van der Waals surface area contributed by atoms with E-state index in [2.05, 4.69) is 44.7 Å². The second-order valence-electron chi connectivity index (χ2n) is 8.38. The van der Waals surface area contributed by atoms with Crippen molar-refractivity contribution in [3.05, 3.63) is 59.7 Å². The first-order valence-electron chi connectivity index (χ1n) is 11.8. The Hall–Kier alpha value is -2.90. The highest BCUT2D eigenvalue weighted by Crippen LogP contribution is 2.26. The van der Waals surface area contributed by atoms with Crippen LogP contribution in [0.15, 0.2) is 48.5 Å². The molecule has 0 spiro atoms. The number of hydrogen-bond donors (Lipinski definition) is 2. The zero-order valence-electron chi connectivity index (χ0n) is 19.8. The van der Waals surface area contributed by atoms with Crippen molar-refractivity contribution in [3.63, 3.8) is 0 Å². The summed E-state index contributed by atoms with van der Waals surface area (Å²) in [6, 6.07) is 16.1. The molecular weight excluding hydrogens is 416 g/mol. The number of amides is 2. The van der Waals surface area contributed by atoms with E-state index in [9.17, 15) is 9.59 Å². The minimum atomic E-state index is -0.126. The third-order valence-corrected chi connectivity index (χ3v) is 5.77. The van der Waals surface area contributed by atoms with Crippen molar-refractivity contribution in [1.82, 2.24) is 10.2 Å². The minimum absolute atomic E-state index is 0.0359. The summed E-state index contributed by atoms with van der Waals surface area (Å²) in [6.07, 6.45) is 2.00. The van der Waals surface area contributed by atoms with Gasteiger partial charge in [0.15, 0.2) is 0 Å². The number of carbonyl (C=O) groups excluding carboxylic acids is 2. The lowest BCUT2D eigenvalue weighted by Crippen LogP contribution is -2.46. The fourth-order valence-electron chi connectivity index (χ4n) is 4.02. The van der Waals surface area contributed by atoms with Gasteiger partial charge in [0.05, 0.1) is 5.56 Å². The van der Waals surface area contributed by atoms with Crippen molar-refractivity contribution < 1.29 is 14.3 Å². The van der Waals surface area contributed by atoms with Gasteiger partial charge in [0.2, 0.25) is 5.91 Å². The summed E-state index contributed by atoms with van der Waals surface area (Å²) in [6.45, 7) is 7.60. The third-order valence-electron chi connectivity index (χ3n) is 5.77. The lowest BCUT2D eigenvalue weighted by Gasteiger charge is -2.37. The van der Waals surface area contributed by atoms with E-state index < -0.39 is 0 Å². The minimum Gasteiger partial charge on any atom is -0.385 e. The van der Waals surface area contributed by atoms with Crippen LogP contribution in [0.1, 0.15) is 42.1 Å². The van der Waals surface area contributed by atoms with E-state index >= 15 is 0 Å². The van der Waals surface area contributed by atoms with Gasteiger partial charge in [-0.3, -0.25) is 14.5 Å². The molecule has 1 heterocycles. The van der Waals surface area contributed by atoms with Crippen LogP contribution in [0.25, 0.3) is 0 Å². The summed E-state index contributed by atoms with van der Waals surface area (Å²) in [5.41, 5.74) is 3.47. The average molecular weight is 453 g/mol. The first-order chi connectivity index (χ1) is 16.1. The highest BCUT2D eigenvalue weighted by atomic mass is 16.5. The Labute approximate surface area is 197 Å². The Morgan fingerprint density at radius 1 is 1.03 bits per heavy atom. The van der Waals surface area contributed by atoms with Crippen molar-refractivity contribution in [3.8, 4) is 0 Å². The Bertz CT molecular complexity index is 896. The highest BCUT2D eigenvalue weighted by molar-refractivity contribution is 6.02. The predicted octanol–water partition coefficient (Wildman–Crippen LogP) is 3.51. The molecule has 0 bridgehead atoms. The molecule has 2 N–H and O–H groups in total. The first-order valence-corrected chi connectivity index (χ1v) is 11.8. The van der Waals surface area contributed by atoms with Crippen LogP contribution >= 0.6 is 0 Å². The van der Waals surface area contributed by atoms with E-state index in [0.717, 1.165) is 51.3 Å². The molecule has 0 saturated carbocycles. The average Bonchev–Trinajstić information content (AvgIpc) is 2.83. The van der Waals surface area contributed by atoms with Gasteiger partial charge >= 0.3 is 0 Å². The number of nitrogens with one attached hydrogen (secondary N) is 2. The van der Waals surface area contributed by atoms with Crippen molar-refractivity contribution >= 4 is 23.2 Å². The second kappa shape index (κ2) is 13.0. The number of rotatable bonds is 11. The van der Waals surface area contributed by atoms with Gasteiger partial charge in [-0.15, -0.1) is 0 Å². The van der Waals surface area contributed by atoms with Crippen LogP contribution in [0.4, 0.5) is 11.4 Å². The lowest BCUT2D eigenvalue weighted by molar-refractivity contribution is -0.116. The summed E-state index contributed by atoms with van der Waals surface area (Å²) in [5.74, 6) is -0.161. The maximum atomic E-state index is 13.0. The SMILES string of the molecule is CCCC(=O)Nc1ccc(N2CCN(Cc3ccccc3)CC2)c(C(=O)NCCCOC)c1. The predicted molar refractivity (Wildman–Crippen MR) is 133 cm³/mol. The zero-order valence-corrected chi connectivity index (χ0v) is 19.8. The molecule has 0 atom stereocenters. The number of nitrogens with zero attached hydrogens (tertiary/aromatic N) is 2. The number of piperazine rings is 1. The van der Waals surface area contributed by atoms with Crippen LogP contribution < -0.4 is 15.5 Å². The molecule has 33 heavy (non-hydrogen) atoms. The molecule has 0 unspecified atom stereocenters. The van der Waals surface area contributed by atoms with E-state index in [1.54, 1.807) is 13.2 Å². The number of methoxy groups -OCH3 is 1. The molecule has 0 aliphatic carbocycles. The number of hydrogen-bond acceptors (Lipinski definition) is 5. The van der Waals surface area contributed by atoms with Crippen LogP contribution in [-0.4, -0.2) is 63.2 Å². The molecule has 2 aromatic carbocycles. The molecule has 0 aromatic heterocycles. The summed E-state index contributed by atoms with van der Waals surface area (Å²) in [7, 11) is 1.65. The van der Waals surface area contributed by atoms with E-state index in [1.807, 2.05) is 25.1 Å². The van der Waals surface area contributed by atoms with Gasteiger partial charge < -0.3 is 20.3 Å². The molecule has 3 rings (SSSR count). The highest BCUT2D eigenvalue weighted by Gasteiger charge is 2.22. The van der Waals surface area contributed by atoms with Crippen LogP contribution in [0.3, 0.4) is 0 Å².